The fourth-order valence-corrected chi connectivity index (χ4v) is 6.57. The van der Waals surface area contributed by atoms with Gasteiger partial charge in [-0.1, -0.05) is 20.8 Å². The third kappa shape index (κ3) is 4.28. The van der Waals surface area contributed by atoms with Gasteiger partial charge in [-0.2, -0.15) is 0 Å². The summed E-state index contributed by atoms with van der Waals surface area (Å²) in [6.07, 6.45) is 3.13. The predicted octanol–water partition coefficient (Wildman–Crippen LogP) is 7.79. The third-order valence-corrected chi connectivity index (χ3v) is 8.95. The van der Waals surface area contributed by atoms with Crippen molar-refractivity contribution in [2.45, 2.75) is 38.5 Å². The van der Waals surface area contributed by atoms with Gasteiger partial charge < -0.3 is 0 Å². The number of anilines is 2. The Kier molecular flexibility index (Phi) is 4.97. The Morgan fingerprint density at radius 3 is 2.59 bits per heavy atom. The number of para-hydroxylation sites is 2. The van der Waals surface area contributed by atoms with Crippen LogP contribution in [0.15, 0.2) is 85.1 Å². The Morgan fingerprint density at radius 1 is 0.949 bits per heavy atom. The number of hydrogen-bond acceptors (Lipinski definition) is 3. The van der Waals surface area contributed by atoms with E-state index in [1.807, 2.05) is 59.3 Å². The first kappa shape index (κ1) is 21.4. The molecule has 2 atom stereocenters. The summed E-state index contributed by atoms with van der Waals surface area (Å²) >= 11 is 2.10. The molecule has 5 aromatic rings. The van der Waals surface area contributed by atoms with E-state index < -0.39 is 6.98 Å². The van der Waals surface area contributed by atoms with Crippen LogP contribution < -0.4 is 9.64 Å². The molecule has 0 spiro atoms. The molecule has 0 amide bonds. The van der Waals surface area contributed by atoms with Crippen LogP contribution in [0.3, 0.4) is 0 Å². The number of aromatic nitrogens is 3. The van der Waals surface area contributed by atoms with E-state index in [9.17, 15) is 0 Å². The van der Waals surface area contributed by atoms with Crippen LogP contribution in [0, 0.1) is 9.72 Å². The first-order valence-electron chi connectivity index (χ1n) is 14.8. The average molecular weight is 699 g/mol. The zero-order valence-corrected chi connectivity index (χ0v) is 24.4. The molecule has 1 saturated carbocycles. The molecule has 3 heterocycles. The van der Waals surface area contributed by atoms with Crippen LogP contribution in [0.2, 0.25) is 0 Å². The summed E-state index contributed by atoms with van der Waals surface area (Å²) in [6.45, 7) is 5.35. The second-order valence-corrected chi connectivity index (χ2v) is 12.6. The van der Waals surface area contributed by atoms with Crippen molar-refractivity contribution in [2.24, 2.45) is 12.9 Å². The van der Waals surface area contributed by atoms with Crippen molar-refractivity contribution in [3.8, 4) is 17.2 Å². The van der Waals surface area contributed by atoms with Gasteiger partial charge in [0.1, 0.15) is 0 Å². The molecule has 0 bridgehead atoms. The zero-order valence-electron chi connectivity index (χ0n) is 25.2. The van der Waals surface area contributed by atoms with Gasteiger partial charge in [-0.25, -0.2) is 0 Å². The van der Waals surface area contributed by atoms with Gasteiger partial charge in [-0.15, -0.1) is 0 Å². The second-order valence-electron chi connectivity index (χ2n) is 11.6. The van der Waals surface area contributed by atoms with Crippen LogP contribution in [0.5, 0.6) is 11.5 Å². The van der Waals surface area contributed by atoms with Gasteiger partial charge in [0.25, 0.3) is 0 Å². The molecule has 1 aliphatic heterocycles. The Labute approximate surface area is 244 Å². The molecular weight excluding hydrogens is 663 g/mol. The Morgan fingerprint density at radius 2 is 1.77 bits per heavy atom. The van der Waals surface area contributed by atoms with Crippen LogP contribution in [-0.4, -0.2) is 20.7 Å². The second kappa shape index (κ2) is 9.06. The number of aryl methyl sites for hydroxylation is 1. The molecular formula is C33H32N4OPt. The van der Waals surface area contributed by atoms with E-state index in [2.05, 4.69) is 75.4 Å². The maximum atomic E-state index is 8.12. The van der Waals surface area contributed by atoms with Gasteiger partial charge in [0.2, 0.25) is 0 Å². The van der Waals surface area contributed by atoms with Crippen molar-refractivity contribution in [1.29, 1.82) is 0 Å². The SMILES string of the molecule is [2H]C([2H])([2H])n1[c](=[Pt])n(-c2cccc(Oc3ccc4c(c3)N(c3cc(C(C)(C)C)ccn3)CC3CC43)c2)c2ccccc21. The molecule has 0 radical (unpaired) electrons. The number of nitrogens with zero attached hydrogens (tertiary/aromatic N) is 4. The van der Waals surface area contributed by atoms with E-state index in [-0.39, 0.29) is 5.41 Å². The minimum absolute atomic E-state index is 0.0417. The molecule has 2 aliphatic rings. The van der Waals surface area contributed by atoms with Crippen LogP contribution >= 0.6 is 0 Å². The standard InChI is InChI=1S/C33H32N4O.Pt/c1-33(2,3)23-14-15-34-32(17-23)36-20-22-16-28(22)27-13-12-26(19-31(27)36)38-25-9-7-8-24(18-25)37-21-35(4)29-10-5-6-11-30(29)37;/h5-15,17-19,22,28H,16,20H2,1-4H3;/i4D3;. The summed E-state index contributed by atoms with van der Waals surface area (Å²) in [5.74, 6) is 3.68. The molecule has 2 unspecified atom stereocenters. The molecule has 1 aliphatic carbocycles. The van der Waals surface area contributed by atoms with E-state index in [1.165, 1.54) is 22.1 Å². The number of imidazole rings is 1. The van der Waals surface area contributed by atoms with Gasteiger partial charge in [-0.3, -0.25) is 0 Å². The van der Waals surface area contributed by atoms with E-state index >= 15 is 0 Å². The molecule has 39 heavy (non-hydrogen) atoms. The first-order chi connectivity index (χ1) is 20.0. The van der Waals surface area contributed by atoms with Gasteiger partial charge in [0, 0.05) is 6.20 Å². The minimum atomic E-state index is -2.30. The average Bonchev–Trinajstić information content (AvgIpc) is 3.66. The molecule has 200 valence electrons. The molecule has 2 aromatic heterocycles. The van der Waals surface area contributed by atoms with E-state index in [4.69, 9.17) is 13.8 Å². The molecule has 7 rings (SSSR count). The normalized spacial score (nSPS) is 19.6. The number of rotatable bonds is 4. The van der Waals surface area contributed by atoms with Crippen molar-refractivity contribution in [3.05, 3.63) is 100.0 Å². The monoisotopic (exact) mass is 698 g/mol. The van der Waals surface area contributed by atoms with Crippen molar-refractivity contribution < 1.29 is 28.2 Å². The fraction of sp³-hybridized carbons (Fsp3) is 0.273. The van der Waals surface area contributed by atoms with Gasteiger partial charge in [0.15, 0.2) is 0 Å². The van der Waals surface area contributed by atoms with Crippen LogP contribution in [0.1, 0.15) is 48.3 Å². The first-order valence-corrected chi connectivity index (χ1v) is 14.5. The number of ether oxygens (including phenoxy) is 1. The van der Waals surface area contributed by atoms with Crippen LogP contribution in [0.25, 0.3) is 16.7 Å². The van der Waals surface area contributed by atoms with E-state index in [1.54, 1.807) is 0 Å². The number of benzene rings is 3. The Hall–Kier alpha value is -3.43. The third-order valence-electron chi connectivity index (χ3n) is 7.94. The molecule has 0 saturated heterocycles. The van der Waals surface area contributed by atoms with Crippen molar-refractivity contribution in [3.63, 3.8) is 0 Å². The van der Waals surface area contributed by atoms with Crippen LogP contribution in [-0.2, 0) is 31.7 Å². The molecule has 0 N–H and O–H groups in total. The topological polar surface area (TPSA) is 35.2 Å². The van der Waals surface area contributed by atoms with Crippen LogP contribution in [0.4, 0.5) is 11.5 Å². The maximum absolute atomic E-state index is 8.12. The van der Waals surface area contributed by atoms with Crippen molar-refractivity contribution >= 4 is 22.5 Å². The Balaban J connectivity index is 1.25. The number of fused-ring (bicyclic) bond motifs is 4. The molecule has 6 heteroatoms. The summed E-state index contributed by atoms with van der Waals surface area (Å²) in [5, 5.41) is 0. The molecule has 5 nitrogen and oxygen atoms in total. The summed E-state index contributed by atoms with van der Waals surface area (Å²) in [5.41, 5.74) is 6.14. The zero-order chi connectivity index (χ0) is 29.4. The quantitative estimate of drug-likeness (QED) is 0.192. The summed E-state index contributed by atoms with van der Waals surface area (Å²) in [7, 11) is 0. The molecule has 1 fully saturated rings. The van der Waals surface area contributed by atoms with E-state index in [0.29, 0.717) is 26.9 Å². The van der Waals surface area contributed by atoms with Crippen molar-refractivity contribution in [2.75, 3.05) is 11.4 Å². The van der Waals surface area contributed by atoms with Gasteiger partial charge in [0.05, 0.1) is 0 Å². The molecule has 3 aromatic carbocycles. The van der Waals surface area contributed by atoms with Gasteiger partial charge in [-0.05, 0) is 17.0 Å². The fourth-order valence-electron chi connectivity index (χ4n) is 5.73. The van der Waals surface area contributed by atoms with Gasteiger partial charge >= 0.3 is 201 Å². The number of hydrogen-bond donors (Lipinski definition) is 0. The summed E-state index contributed by atoms with van der Waals surface area (Å²) in [6, 6.07) is 26.1. The van der Waals surface area contributed by atoms with E-state index in [0.717, 1.165) is 35.0 Å². The summed E-state index contributed by atoms with van der Waals surface area (Å²) in [4.78, 5) is 7.13. The van der Waals surface area contributed by atoms with Crippen molar-refractivity contribution in [1.82, 2.24) is 14.1 Å². The number of pyridine rings is 1. The predicted molar refractivity (Wildman–Crippen MR) is 153 cm³/mol. The Bertz CT molecular complexity index is 1900. The summed E-state index contributed by atoms with van der Waals surface area (Å²) < 4.78 is 34.8.